The number of aryl methyl sites for hydroxylation is 1. The molecular weight excluding hydrogens is 192 g/mol. The van der Waals surface area contributed by atoms with Crippen molar-refractivity contribution in [3.05, 3.63) is 18.0 Å². The van der Waals surface area contributed by atoms with E-state index in [2.05, 4.69) is 5.10 Å². The maximum atomic E-state index is 11.8. The fourth-order valence-corrected chi connectivity index (χ4v) is 1.24. The zero-order chi connectivity index (χ0) is 11.5. The third kappa shape index (κ3) is 3.16. The molecule has 0 saturated heterocycles. The summed E-state index contributed by atoms with van der Waals surface area (Å²) in [7, 11) is 1.61. The number of ketones is 1. The highest BCUT2D eigenvalue weighted by molar-refractivity contribution is 5.96. The van der Waals surface area contributed by atoms with E-state index in [0.29, 0.717) is 12.0 Å². The molecule has 0 fully saturated rings. The summed E-state index contributed by atoms with van der Waals surface area (Å²) < 4.78 is 6.96. The molecule has 1 aromatic rings. The number of hydrogen-bond acceptors (Lipinski definition) is 3. The number of rotatable bonds is 5. The van der Waals surface area contributed by atoms with Crippen molar-refractivity contribution in [2.45, 2.75) is 39.3 Å². The molecule has 4 nitrogen and oxygen atoms in total. The first-order valence-electron chi connectivity index (χ1n) is 5.09. The Morgan fingerprint density at radius 3 is 2.73 bits per heavy atom. The number of methoxy groups -OCH3 is 1. The molecule has 0 aliphatic carbocycles. The molecule has 0 radical (unpaired) electrons. The molecule has 15 heavy (non-hydrogen) atoms. The van der Waals surface area contributed by atoms with Crippen molar-refractivity contribution in [3.8, 4) is 0 Å². The molecule has 0 unspecified atom stereocenters. The average molecular weight is 210 g/mol. The van der Waals surface area contributed by atoms with Gasteiger partial charge < -0.3 is 4.74 Å². The second-order valence-corrected chi connectivity index (χ2v) is 4.15. The first kappa shape index (κ1) is 11.9. The molecule has 0 aliphatic heterocycles. The SMILES string of the molecule is CCn1cc(C(=O)CC(C)(C)OC)cn1. The molecule has 0 N–H and O–H groups in total. The lowest BCUT2D eigenvalue weighted by atomic mass is 9.99. The van der Waals surface area contributed by atoms with Gasteiger partial charge in [0.2, 0.25) is 0 Å². The highest BCUT2D eigenvalue weighted by atomic mass is 16.5. The van der Waals surface area contributed by atoms with E-state index in [9.17, 15) is 4.79 Å². The van der Waals surface area contributed by atoms with Crippen LogP contribution in [0.15, 0.2) is 12.4 Å². The summed E-state index contributed by atoms with van der Waals surface area (Å²) in [6.45, 7) is 6.56. The highest BCUT2D eigenvalue weighted by Gasteiger charge is 2.22. The standard InChI is InChI=1S/C11H18N2O2/c1-5-13-8-9(7-12-13)10(14)6-11(2,3)15-4/h7-8H,5-6H2,1-4H3. The first-order valence-corrected chi connectivity index (χ1v) is 5.09. The van der Waals surface area contributed by atoms with Gasteiger partial charge in [-0.25, -0.2) is 0 Å². The molecule has 4 heteroatoms. The van der Waals surface area contributed by atoms with Crippen LogP contribution in [-0.2, 0) is 11.3 Å². The van der Waals surface area contributed by atoms with Crippen LogP contribution in [0.3, 0.4) is 0 Å². The number of ether oxygens (including phenoxy) is 1. The van der Waals surface area contributed by atoms with E-state index in [-0.39, 0.29) is 5.78 Å². The summed E-state index contributed by atoms with van der Waals surface area (Å²) in [5, 5.41) is 4.07. The van der Waals surface area contributed by atoms with Gasteiger partial charge in [0, 0.05) is 26.3 Å². The summed E-state index contributed by atoms with van der Waals surface area (Å²) in [6, 6.07) is 0. The molecule has 0 saturated carbocycles. The molecular formula is C11H18N2O2. The van der Waals surface area contributed by atoms with E-state index in [1.807, 2.05) is 20.8 Å². The second-order valence-electron chi connectivity index (χ2n) is 4.15. The van der Waals surface area contributed by atoms with Crippen molar-refractivity contribution in [1.29, 1.82) is 0 Å². The molecule has 1 rings (SSSR count). The fraction of sp³-hybridized carbons (Fsp3) is 0.636. The van der Waals surface area contributed by atoms with Crippen LogP contribution in [-0.4, -0.2) is 28.3 Å². The topological polar surface area (TPSA) is 44.1 Å². The molecule has 0 aliphatic rings. The summed E-state index contributed by atoms with van der Waals surface area (Å²) in [4.78, 5) is 11.8. The molecule has 0 aromatic carbocycles. The third-order valence-corrected chi connectivity index (χ3v) is 2.42. The smallest absolute Gasteiger partial charge is 0.168 e. The minimum atomic E-state index is -0.411. The average Bonchev–Trinajstić information content (AvgIpc) is 2.65. The lowest BCUT2D eigenvalue weighted by Gasteiger charge is -2.21. The van der Waals surface area contributed by atoms with Gasteiger partial charge >= 0.3 is 0 Å². The Labute approximate surface area is 90.2 Å². The zero-order valence-corrected chi connectivity index (χ0v) is 9.78. The Morgan fingerprint density at radius 1 is 1.60 bits per heavy atom. The van der Waals surface area contributed by atoms with Gasteiger partial charge in [0.15, 0.2) is 5.78 Å². The maximum Gasteiger partial charge on any atom is 0.168 e. The largest absolute Gasteiger partial charge is 0.378 e. The van der Waals surface area contributed by atoms with Crippen molar-refractivity contribution >= 4 is 5.78 Å². The van der Waals surface area contributed by atoms with E-state index in [1.165, 1.54) is 0 Å². The van der Waals surface area contributed by atoms with E-state index >= 15 is 0 Å². The van der Waals surface area contributed by atoms with Crippen molar-refractivity contribution in [2.24, 2.45) is 0 Å². The molecule has 0 spiro atoms. The lowest BCUT2D eigenvalue weighted by molar-refractivity contribution is 0.0172. The zero-order valence-electron chi connectivity index (χ0n) is 9.78. The molecule has 0 atom stereocenters. The predicted molar refractivity (Wildman–Crippen MR) is 57.9 cm³/mol. The first-order chi connectivity index (χ1) is 6.98. The minimum Gasteiger partial charge on any atom is -0.378 e. The van der Waals surface area contributed by atoms with E-state index < -0.39 is 5.60 Å². The summed E-state index contributed by atoms with van der Waals surface area (Å²) in [5.74, 6) is 0.0709. The number of hydrogen-bond donors (Lipinski definition) is 0. The van der Waals surface area contributed by atoms with Gasteiger partial charge in [-0.1, -0.05) is 0 Å². The van der Waals surface area contributed by atoms with Crippen LogP contribution in [0.4, 0.5) is 0 Å². The van der Waals surface area contributed by atoms with Gasteiger partial charge in [-0.05, 0) is 20.8 Å². The second kappa shape index (κ2) is 4.57. The van der Waals surface area contributed by atoms with Crippen LogP contribution in [0.5, 0.6) is 0 Å². The van der Waals surface area contributed by atoms with Crippen LogP contribution in [0.25, 0.3) is 0 Å². The Bertz CT molecular complexity index is 342. The highest BCUT2D eigenvalue weighted by Crippen LogP contribution is 2.16. The van der Waals surface area contributed by atoms with E-state index in [4.69, 9.17) is 4.74 Å². The van der Waals surface area contributed by atoms with Crippen LogP contribution in [0.1, 0.15) is 37.6 Å². The Morgan fingerprint density at radius 2 is 2.27 bits per heavy atom. The van der Waals surface area contributed by atoms with Gasteiger partial charge in [0.25, 0.3) is 0 Å². The fourth-order valence-electron chi connectivity index (χ4n) is 1.24. The quantitative estimate of drug-likeness (QED) is 0.697. The molecule has 1 heterocycles. The number of carbonyl (C=O) groups excluding carboxylic acids is 1. The minimum absolute atomic E-state index is 0.0709. The number of Topliss-reactive ketones (excluding diaryl/α,β-unsaturated/α-hetero) is 1. The van der Waals surface area contributed by atoms with Gasteiger partial charge in [-0.15, -0.1) is 0 Å². The Hall–Kier alpha value is -1.16. The number of carbonyl (C=O) groups is 1. The van der Waals surface area contributed by atoms with Gasteiger partial charge in [-0.3, -0.25) is 9.48 Å². The summed E-state index contributed by atoms with van der Waals surface area (Å²) in [6.07, 6.45) is 3.75. The van der Waals surface area contributed by atoms with Crippen LogP contribution < -0.4 is 0 Å². The van der Waals surface area contributed by atoms with E-state index in [0.717, 1.165) is 6.54 Å². The van der Waals surface area contributed by atoms with Crippen molar-refractivity contribution in [1.82, 2.24) is 9.78 Å². The molecule has 0 bridgehead atoms. The lowest BCUT2D eigenvalue weighted by Crippen LogP contribution is -2.26. The van der Waals surface area contributed by atoms with Gasteiger partial charge in [-0.2, -0.15) is 5.10 Å². The maximum absolute atomic E-state index is 11.8. The molecule has 0 amide bonds. The summed E-state index contributed by atoms with van der Waals surface area (Å²) >= 11 is 0. The predicted octanol–water partition coefficient (Wildman–Crippen LogP) is 1.90. The van der Waals surface area contributed by atoms with Gasteiger partial charge in [0.05, 0.1) is 17.4 Å². The third-order valence-electron chi connectivity index (χ3n) is 2.42. The van der Waals surface area contributed by atoms with Crippen LogP contribution in [0, 0.1) is 0 Å². The molecule has 84 valence electrons. The van der Waals surface area contributed by atoms with Crippen molar-refractivity contribution < 1.29 is 9.53 Å². The molecule has 1 aromatic heterocycles. The normalized spacial score (nSPS) is 11.7. The van der Waals surface area contributed by atoms with Crippen LogP contribution >= 0.6 is 0 Å². The van der Waals surface area contributed by atoms with Gasteiger partial charge in [0.1, 0.15) is 0 Å². The Balaban J connectivity index is 2.69. The van der Waals surface area contributed by atoms with Crippen molar-refractivity contribution in [3.63, 3.8) is 0 Å². The van der Waals surface area contributed by atoms with Crippen molar-refractivity contribution in [2.75, 3.05) is 7.11 Å². The summed E-state index contributed by atoms with van der Waals surface area (Å²) in [5.41, 5.74) is 0.243. The number of aromatic nitrogens is 2. The Kier molecular flexibility index (Phi) is 3.63. The number of nitrogens with zero attached hydrogens (tertiary/aromatic N) is 2. The monoisotopic (exact) mass is 210 g/mol. The van der Waals surface area contributed by atoms with Crippen LogP contribution in [0.2, 0.25) is 0 Å². The van der Waals surface area contributed by atoms with E-state index in [1.54, 1.807) is 24.2 Å².